The number of thiazole rings is 1. The first-order valence-corrected chi connectivity index (χ1v) is 9.37. The molecule has 0 radical (unpaired) electrons. The fourth-order valence-corrected chi connectivity index (χ4v) is 3.73. The van der Waals surface area contributed by atoms with Crippen LogP contribution in [0.15, 0.2) is 36.4 Å². The van der Waals surface area contributed by atoms with Crippen LogP contribution in [0.25, 0.3) is 10.2 Å². The number of carbonyl (C=O) groups excluding carboxylic acids is 1. The average molecular weight is 375 g/mol. The summed E-state index contributed by atoms with van der Waals surface area (Å²) in [6.07, 6.45) is 2.11. The number of unbranched alkanes of at least 4 members (excludes halogenated alkanes) is 1. The first-order chi connectivity index (χ1) is 12.1. The number of rotatable bonds is 6. The van der Waals surface area contributed by atoms with Gasteiger partial charge in [-0.25, -0.2) is 4.98 Å². The number of hydrogen-bond donors (Lipinski definition) is 1. The third-order valence-corrected chi connectivity index (χ3v) is 4.89. The van der Waals surface area contributed by atoms with Gasteiger partial charge in [0.15, 0.2) is 5.13 Å². The average Bonchev–Trinajstić information content (AvgIpc) is 2.98. The Bertz CT molecular complexity index is 890. The van der Waals surface area contributed by atoms with E-state index in [1.54, 1.807) is 12.1 Å². The Hall–Kier alpha value is -2.11. The number of carbonyl (C=O) groups is 1. The van der Waals surface area contributed by atoms with Crippen LogP contribution in [-0.2, 0) is 0 Å². The molecule has 3 aromatic rings. The lowest BCUT2D eigenvalue weighted by Gasteiger charge is -2.06. The summed E-state index contributed by atoms with van der Waals surface area (Å²) in [6.45, 7) is 4.76. The van der Waals surface area contributed by atoms with Crippen LogP contribution in [0.3, 0.4) is 0 Å². The van der Waals surface area contributed by atoms with Crippen molar-refractivity contribution >= 4 is 44.2 Å². The molecule has 0 aliphatic rings. The third kappa shape index (κ3) is 4.30. The van der Waals surface area contributed by atoms with Crippen molar-refractivity contribution in [2.45, 2.75) is 26.7 Å². The number of aromatic nitrogens is 1. The van der Waals surface area contributed by atoms with Gasteiger partial charge in [-0.2, -0.15) is 0 Å². The van der Waals surface area contributed by atoms with Crippen LogP contribution < -0.4 is 10.1 Å². The van der Waals surface area contributed by atoms with Crippen molar-refractivity contribution in [1.29, 1.82) is 0 Å². The summed E-state index contributed by atoms with van der Waals surface area (Å²) in [5, 5.41) is 4.09. The summed E-state index contributed by atoms with van der Waals surface area (Å²) in [6, 6.07) is 10.9. The fourth-order valence-electron chi connectivity index (χ4n) is 2.41. The highest BCUT2D eigenvalue weighted by atomic mass is 35.5. The van der Waals surface area contributed by atoms with Crippen LogP contribution in [-0.4, -0.2) is 17.5 Å². The molecule has 2 aromatic carbocycles. The number of ether oxygens (including phenoxy) is 1. The largest absolute Gasteiger partial charge is 0.494 e. The Morgan fingerprint density at radius 1 is 1.28 bits per heavy atom. The normalized spacial score (nSPS) is 10.8. The van der Waals surface area contributed by atoms with Gasteiger partial charge in [0.2, 0.25) is 0 Å². The molecule has 3 rings (SSSR count). The van der Waals surface area contributed by atoms with Crippen molar-refractivity contribution in [1.82, 2.24) is 4.98 Å². The number of nitrogens with one attached hydrogen (secondary N) is 1. The molecule has 0 aliphatic carbocycles. The maximum atomic E-state index is 12.4. The zero-order valence-corrected chi connectivity index (χ0v) is 15.7. The molecule has 6 heteroatoms. The SMILES string of the molecule is CCCCOc1ccc(C(=O)Nc2nc3c(C)cc(Cl)cc3s2)cc1. The van der Waals surface area contributed by atoms with Crippen molar-refractivity contribution in [2.24, 2.45) is 0 Å². The predicted molar refractivity (Wildman–Crippen MR) is 104 cm³/mol. The molecule has 1 heterocycles. The summed E-state index contributed by atoms with van der Waals surface area (Å²) in [5.74, 6) is 0.582. The van der Waals surface area contributed by atoms with Crippen molar-refractivity contribution in [3.05, 3.63) is 52.5 Å². The molecular weight excluding hydrogens is 356 g/mol. The van der Waals surface area contributed by atoms with E-state index in [4.69, 9.17) is 16.3 Å². The maximum Gasteiger partial charge on any atom is 0.257 e. The van der Waals surface area contributed by atoms with Gasteiger partial charge < -0.3 is 4.74 Å². The van der Waals surface area contributed by atoms with E-state index >= 15 is 0 Å². The number of anilines is 1. The molecule has 1 aromatic heterocycles. The highest BCUT2D eigenvalue weighted by molar-refractivity contribution is 7.22. The van der Waals surface area contributed by atoms with Crippen molar-refractivity contribution in [3.63, 3.8) is 0 Å². The summed E-state index contributed by atoms with van der Waals surface area (Å²) in [4.78, 5) is 16.9. The van der Waals surface area contributed by atoms with E-state index in [1.165, 1.54) is 11.3 Å². The first kappa shape index (κ1) is 17.7. The number of aryl methyl sites for hydroxylation is 1. The van der Waals surface area contributed by atoms with Crippen molar-refractivity contribution in [2.75, 3.05) is 11.9 Å². The second-order valence-corrected chi connectivity index (χ2v) is 7.24. The molecule has 130 valence electrons. The summed E-state index contributed by atoms with van der Waals surface area (Å²) in [7, 11) is 0. The van der Waals surface area contributed by atoms with Crippen LogP contribution in [0.2, 0.25) is 5.02 Å². The van der Waals surface area contributed by atoms with Crippen LogP contribution in [0.4, 0.5) is 5.13 Å². The Morgan fingerprint density at radius 2 is 2.04 bits per heavy atom. The van der Waals surface area contributed by atoms with Gasteiger partial charge in [-0.3, -0.25) is 10.1 Å². The van der Waals surface area contributed by atoms with Gasteiger partial charge in [0.1, 0.15) is 5.75 Å². The molecule has 25 heavy (non-hydrogen) atoms. The molecule has 1 amide bonds. The van der Waals surface area contributed by atoms with Crippen molar-refractivity contribution in [3.8, 4) is 5.75 Å². The quantitative estimate of drug-likeness (QED) is 0.564. The standard InChI is InChI=1S/C19H19ClN2O2S/c1-3-4-9-24-15-7-5-13(6-8-15)18(23)22-19-21-17-12(2)10-14(20)11-16(17)25-19/h5-8,10-11H,3-4,9H2,1-2H3,(H,21,22,23). The van der Waals surface area contributed by atoms with Crippen molar-refractivity contribution < 1.29 is 9.53 Å². The van der Waals surface area contributed by atoms with Gasteiger partial charge in [0.05, 0.1) is 16.8 Å². The van der Waals surface area contributed by atoms with E-state index in [-0.39, 0.29) is 5.91 Å². The van der Waals surface area contributed by atoms with E-state index in [0.717, 1.165) is 34.4 Å². The topological polar surface area (TPSA) is 51.2 Å². The lowest BCUT2D eigenvalue weighted by Crippen LogP contribution is -2.11. The lowest BCUT2D eigenvalue weighted by molar-refractivity contribution is 0.102. The van der Waals surface area contributed by atoms with Gasteiger partial charge in [-0.1, -0.05) is 36.3 Å². The Labute approximate surface area is 155 Å². The number of nitrogens with zero attached hydrogens (tertiary/aromatic N) is 1. The highest BCUT2D eigenvalue weighted by Crippen LogP contribution is 2.31. The molecule has 1 N–H and O–H groups in total. The Kier molecular flexibility index (Phi) is 5.56. The number of amides is 1. The zero-order valence-electron chi connectivity index (χ0n) is 14.1. The maximum absolute atomic E-state index is 12.4. The van der Waals surface area contributed by atoms with E-state index in [2.05, 4.69) is 17.2 Å². The highest BCUT2D eigenvalue weighted by Gasteiger charge is 2.12. The molecule has 0 spiro atoms. The molecule has 4 nitrogen and oxygen atoms in total. The molecule has 0 fully saturated rings. The van der Waals surface area contributed by atoms with Gasteiger partial charge in [-0.05, 0) is 55.3 Å². The van der Waals surface area contributed by atoms with E-state index in [9.17, 15) is 4.79 Å². The molecule has 0 unspecified atom stereocenters. The monoisotopic (exact) mass is 374 g/mol. The Balaban J connectivity index is 1.70. The minimum absolute atomic E-state index is 0.192. The number of benzene rings is 2. The summed E-state index contributed by atoms with van der Waals surface area (Å²) in [5.41, 5.74) is 2.43. The van der Waals surface area contributed by atoms with E-state index < -0.39 is 0 Å². The molecule has 0 atom stereocenters. The van der Waals surface area contributed by atoms with Crippen LogP contribution in [0.1, 0.15) is 35.7 Å². The van der Waals surface area contributed by atoms with Gasteiger partial charge in [0, 0.05) is 10.6 Å². The van der Waals surface area contributed by atoms with Crippen LogP contribution >= 0.6 is 22.9 Å². The molecular formula is C19H19ClN2O2S. The molecule has 0 bridgehead atoms. The minimum atomic E-state index is -0.192. The van der Waals surface area contributed by atoms with Gasteiger partial charge in [0.25, 0.3) is 5.91 Å². The lowest BCUT2D eigenvalue weighted by atomic mass is 10.2. The minimum Gasteiger partial charge on any atom is -0.494 e. The molecule has 0 saturated heterocycles. The Morgan fingerprint density at radius 3 is 2.76 bits per heavy atom. The number of hydrogen-bond acceptors (Lipinski definition) is 4. The second kappa shape index (κ2) is 7.85. The number of halogens is 1. The summed E-state index contributed by atoms with van der Waals surface area (Å²) >= 11 is 7.49. The van der Waals surface area contributed by atoms with E-state index in [0.29, 0.717) is 22.3 Å². The van der Waals surface area contributed by atoms with Crippen LogP contribution in [0.5, 0.6) is 5.75 Å². The summed E-state index contributed by atoms with van der Waals surface area (Å²) < 4.78 is 6.57. The van der Waals surface area contributed by atoms with E-state index in [1.807, 2.05) is 31.2 Å². The number of fused-ring (bicyclic) bond motifs is 1. The zero-order chi connectivity index (χ0) is 17.8. The van der Waals surface area contributed by atoms with Gasteiger partial charge >= 0.3 is 0 Å². The fraction of sp³-hybridized carbons (Fsp3) is 0.263. The van der Waals surface area contributed by atoms with Gasteiger partial charge in [-0.15, -0.1) is 0 Å². The predicted octanol–water partition coefficient (Wildman–Crippen LogP) is 5.69. The second-order valence-electron chi connectivity index (χ2n) is 5.77. The smallest absolute Gasteiger partial charge is 0.257 e. The first-order valence-electron chi connectivity index (χ1n) is 8.17. The molecule has 0 aliphatic heterocycles. The van der Waals surface area contributed by atoms with Crippen LogP contribution in [0, 0.1) is 6.92 Å². The molecule has 0 saturated carbocycles. The third-order valence-electron chi connectivity index (χ3n) is 3.75.